The molecular weight excluding hydrogens is 230 g/mol. The highest BCUT2D eigenvalue weighted by atomic mass is 19.2. The van der Waals surface area contributed by atoms with E-state index in [1.165, 1.54) is 12.1 Å². The molecule has 0 radical (unpaired) electrons. The Balaban J connectivity index is 2.39. The molecule has 2 rings (SSSR count). The predicted octanol–water partition coefficient (Wildman–Crippen LogP) is 1.53. The van der Waals surface area contributed by atoms with Gasteiger partial charge in [0.25, 0.3) is 0 Å². The number of methoxy groups -OCH3 is 1. The predicted molar refractivity (Wildman–Crippen MR) is 55.3 cm³/mol. The van der Waals surface area contributed by atoms with Gasteiger partial charge < -0.3 is 9.84 Å². The van der Waals surface area contributed by atoms with Crippen molar-refractivity contribution in [2.45, 2.75) is 24.4 Å². The van der Waals surface area contributed by atoms with Crippen LogP contribution in [0, 0.1) is 11.6 Å². The molecule has 1 aliphatic rings. The van der Waals surface area contributed by atoms with E-state index in [0.717, 1.165) is 13.2 Å². The topological polar surface area (TPSA) is 46.5 Å². The van der Waals surface area contributed by atoms with Crippen LogP contribution in [0.2, 0.25) is 0 Å². The van der Waals surface area contributed by atoms with Crippen molar-refractivity contribution in [3.05, 3.63) is 35.4 Å². The first-order valence-corrected chi connectivity index (χ1v) is 5.23. The van der Waals surface area contributed by atoms with Crippen molar-refractivity contribution in [3.63, 3.8) is 0 Å². The number of benzene rings is 1. The van der Waals surface area contributed by atoms with Gasteiger partial charge in [0.1, 0.15) is 0 Å². The first-order valence-electron chi connectivity index (χ1n) is 5.23. The molecule has 1 N–H and O–H groups in total. The van der Waals surface area contributed by atoms with Gasteiger partial charge in [0.15, 0.2) is 17.7 Å². The zero-order chi connectivity index (χ0) is 12.6. The van der Waals surface area contributed by atoms with Crippen molar-refractivity contribution in [2.24, 2.45) is 0 Å². The van der Waals surface area contributed by atoms with Crippen LogP contribution in [0.25, 0.3) is 0 Å². The minimum Gasteiger partial charge on any atom is -0.467 e. The summed E-state index contributed by atoms with van der Waals surface area (Å²) in [6.45, 7) is 0. The van der Waals surface area contributed by atoms with E-state index < -0.39 is 29.1 Å². The van der Waals surface area contributed by atoms with Gasteiger partial charge in [0.05, 0.1) is 7.11 Å². The summed E-state index contributed by atoms with van der Waals surface area (Å²) in [5.74, 6) is -2.81. The fraction of sp³-hybridized carbons (Fsp3) is 0.417. The summed E-state index contributed by atoms with van der Waals surface area (Å²) < 4.78 is 31.2. The van der Waals surface area contributed by atoms with Gasteiger partial charge >= 0.3 is 5.97 Å². The van der Waals surface area contributed by atoms with Gasteiger partial charge in [-0.1, -0.05) is 12.1 Å². The van der Waals surface area contributed by atoms with Gasteiger partial charge in [-0.3, -0.25) is 0 Å². The van der Waals surface area contributed by atoms with Crippen LogP contribution in [-0.2, 0) is 14.9 Å². The average molecular weight is 242 g/mol. The lowest BCUT2D eigenvalue weighted by Gasteiger charge is -2.21. The number of rotatable bonds is 3. The van der Waals surface area contributed by atoms with E-state index in [1.54, 1.807) is 0 Å². The molecule has 0 saturated heterocycles. The first-order chi connectivity index (χ1) is 8.03. The second-order valence-electron chi connectivity index (χ2n) is 4.18. The van der Waals surface area contributed by atoms with Crippen LogP contribution in [0.15, 0.2) is 18.2 Å². The molecule has 0 amide bonds. The normalized spacial score (nSPS) is 18.6. The molecular formula is C12H12F2O3. The molecule has 3 nitrogen and oxygen atoms in total. The third-order valence-corrected chi connectivity index (χ3v) is 3.22. The molecule has 1 unspecified atom stereocenters. The highest BCUT2D eigenvalue weighted by molar-refractivity contribution is 5.77. The molecule has 1 aromatic rings. The number of hydrogen-bond acceptors (Lipinski definition) is 3. The van der Waals surface area contributed by atoms with E-state index >= 15 is 0 Å². The number of ether oxygens (including phenoxy) is 1. The molecule has 0 spiro atoms. The lowest BCUT2D eigenvalue weighted by atomic mass is 9.89. The third-order valence-electron chi connectivity index (χ3n) is 3.22. The minimum absolute atomic E-state index is 0.0374. The van der Waals surface area contributed by atoms with Crippen molar-refractivity contribution in [1.82, 2.24) is 0 Å². The number of aliphatic hydroxyl groups is 1. The quantitative estimate of drug-likeness (QED) is 0.818. The number of esters is 1. The molecule has 17 heavy (non-hydrogen) atoms. The Morgan fingerprint density at radius 1 is 1.47 bits per heavy atom. The summed E-state index contributed by atoms with van der Waals surface area (Å²) in [7, 11) is 1.14. The third kappa shape index (κ3) is 1.80. The largest absolute Gasteiger partial charge is 0.467 e. The van der Waals surface area contributed by atoms with Gasteiger partial charge in [0.2, 0.25) is 0 Å². The molecule has 1 aliphatic carbocycles. The summed E-state index contributed by atoms with van der Waals surface area (Å²) in [6.07, 6.45) is -0.586. The van der Waals surface area contributed by atoms with Crippen LogP contribution >= 0.6 is 0 Å². The highest BCUT2D eigenvalue weighted by Gasteiger charge is 2.55. The van der Waals surface area contributed by atoms with E-state index in [9.17, 15) is 18.7 Å². The molecule has 0 heterocycles. The van der Waals surface area contributed by atoms with Crippen molar-refractivity contribution in [3.8, 4) is 0 Å². The van der Waals surface area contributed by atoms with E-state index in [-0.39, 0.29) is 5.56 Å². The Bertz CT molecular complexity index is 455. The van der Waals surface area contributed by atoms with E-state index in [4.69, 9.17) is 0 Å². The number of halogens is 2. The number of aliphatic hydroxyl groups excluding tert-OH is 1. The lowest BCUT2D eigenvalue weighted by molar-refractivity contribution is -0.152. The zero-order valence-electron chi connectivity index (χ0n) is 9.24. The Morgan fingerprint density at radius 2 is 2.12 bits per heavy atom. The summed E-state index contributed by atoms with van der Waals surface area (Å²) in [6, 6.07) is 3.74. The van der Waals surface area contributed by atoms with Crippen LogP contribution < -0.4 is 0 Å². The van der Waals surface area contributed by atoms with Crippen molar-refractivity contribution in [1.29, 1.82) is 0 Å². The second kappa shape index (κ2) is 4.07. The summed E-state index contributed by atoms with van der Waals surface area (Å²) in [4.78, 5) is 11.3. The maximum absolute atomic E-state index is 13.6. The average Bonchev–Trinajstić information content (AvgIpc) is 3.12. The van der Waals surface area contributed by atoms with Gasteiger partial charge in [-0.2, -0.15) is 0 Å². The molecule has 5 heteroatoms. The van der Waals surface area contributed by atoms with Crippen LogP contribution in [-0.4, -0.2) is 24.3 Å². The minimum atomic E-state index is -1.45. The fourth-order valence-corrected chi connectivity index (χ4v) is 2.05. The standard InChI is InChI=1S/C12H12F2O3/c1-17-11(16)10(15)12(5-6-12)7-3-2-4-8(13)9(7)14/h2-4,10,15H,5-6H2,1H3. The number of carbonyl (C=O) groups excluding carboxylic acids is 1. The fourth-order valence-electron chi connectivity index (χ4n) is 2.05. The smallest absolute Gasteiger partial charge is 0.335 e. The Labute approximate surface area is 97.0 Å². The molecule has 1 aromatic carbocycles. The molecule has 92 valence electrons. The van der Waals surface area contributed by atoms with Gasteiger partial charge in [0, 0.05) is 11.0 Å². The SMILES string of the molecule is COC(=O)C(O)C1(c2cccc(F)c2F)CC1. The van der Waals surface area contributed by atoms with Crippen molar-refractivity contribution in [2.75, 3.05) is 7.11 Å². The number of carbonyl (C=O) groups is 1. The monoisotopic (exact) mass is 242 g/mol. The first kappa shape index (κ1) is 12.0. The highest BCUT2D eigenvalue weighted by Crippen LogP contribution is 2.52. The summed E-state index contributed by atoms with van der Waals surface area (Å²) in [5, 5.41) is 9.81. The van der Waals surface area contributed by atoms with E-state index in [0.29, 0.717) is 12.8 Å². The molecule has 0 bridgehead atoms. The van der Waals surface area contributed by atoms with Crippen LogP contribution in [0.3, 0.4) is 0 Å². The molecule has 0 aromatic heterocycles. The van der Waals surface area contributed by atoms with Crippen molar-refractivity contribution >= 4 is 5.97 Å². The summed E-state index contributed by atoms with van der Waals surface area (Å²) >= 11 is 0. The zero-order valence-corrected chi connectivity index (χ0v) is 9.24. The maximum Gasteiger partial charge on any atom is 0.335 e. The Hall–Kier alpha value is -1.49. The summed E-state index contributed by atoms with van der Waals surface area (Å²) in [5.41, 5.74) is -0.991. The maximum atomic E-state index is 13.6. The second-order valence-corrected chi connectivity index (χ2v) is 4.18. The van der Waals surface area contributed by atoms with Crippen LogP contribution in [0.4, 0.5) is 8.78 Å². The molecule has 1 saturated carbocycles. The molecule has 0 aliphatic heterocycles. The van der Waals surface area contributed by atoms with Gasteiger partial charge in [-0.05, 0) is 18.9 Å². The Kier molecular flexibility index (Phi) is 2.87. The molecule has 1 fully saturated rings. The van der Waals surface area contributed by atoms with Crippen molar-refractivity contribution < 1.29 is 23.4 Å². The van der Waals surface area contributed by atoms with Gasteiger partial charge in [-0.15, -0.1) is 0 Å². The lowest BCUT2D eigenvalue weighted by Crippen LogP contribution is -2.35. The van der Waals surface area contributed by atoms with Crippen LogP contribution in [0.1, 0.15) is 18.4 Å². The van der Waals surface area contributed by atoms with Gasteiger partial charge in [-0.25, -0.2) is 13.6 Å². The molecule has 1 atom stereocenters. The van der Waals surface area contributed by atoms with Crippen LogP contribution in [0.5, 0.6) is 0 Å². The van der Waals surface area contributed by atoms with E-state index in [2.05, 4.69) is 4.74 Å². The number of hydrogen-bond donors (Lipinski definition) is 1. The van der Waals surface area contributed by atoms with E-state index in [1.807, 2.05) is 0 Å². The Morgan fingerprint density at radius 3 is 2.65 bits per heavy atom.